The average Bonchev–Trinajstić information content (AvgIpc) is 3.22. The number of nitrogens with zero attached hydrogens (tertiary/aromatic N) is 3. The molecule has 6 nitrogen and oxygen atoms in total. The van der Waals surface area contributed by atoms with Crippen LogP contribution in [-0.4, -0.2) is 23.1 Å². The Kier molecular flexibility index (Phi) is 2.95. The summed E-state index contributed by atoms with van der Waals surface area (Å²) in [7, 11) is 0. The number of aromatic nitrogens is 2. The molecule has 5 N–H and O–H groups in total. The molecule has 0 unspecified atom stereocenters. The van der Waals surface area contributed by atoms with Crippen molar-refractivity contribution in [2.45, 2.75) is 25.7 Å². The van der Waals surface area contributed by atoms with Gasteiger partial charge in [0.1, 0.15) is 11.6 Å². The van der Waals surface area contributed by atoms with Gasteiger partial charge in [-0.15, -0.1) is 0 Å². The summed E-state index contributed by atoms with van der Waals surface area (Å²) in [5.74, 6) is 8.81. The van der Waals surface area contributed by atoms with Gasteiger partial charge in [-0.05, 0) is 37.5 Å². The van der Waals surface area contributed by atoms with Crippen LogP contribution in [0.1, 0.15) is 25.7 Å². The lowest BCUT2D eigenvalue weighted by Crippen LogP contribution is -2.29. The Bertz CT molecular complexity index is 413. The molecule has 1 aromatic rings. The lowest BCUT2D eigenvalue weighted by molar-refractivity contribution is 0.671. The molecule has 0 aromatic carbocycles. The van der Waals surface area contributed by atoms with Crippen molar-refractivity contribution >= 4 is 17.6 Å². The second kappa shape index (κ2) is 4.61. The topological polar surface area (TPSA) is 93.1 Å². The number of hydrogen-bond acceptors (Lipinski definition) is 6. The number of anilines is 3. The van der Waals surface area contributed by atoms with Crippen molar-refractivity contribution in [2.24, 2.45) is 17.7 Å². The molecule has 2 aliphatic rings. The smallest absolute Gasteiger partial charge is 0.223 e. The highest BCUT2D eigenvalue weighted by Crippen LogP contribution is 2.35. The van der Waals surface area contributed by atoms with Crippen LogP contribution in [0.25, 0.3) is 0 Å². The second-order valence-electron chi connectivity index (χ2n) is 5.41. The first-order valence-corrected chi connectivity index (χ1v) is 6.60. The van der Waals surface area contributed by atoms with Crippen molar-refractivity contribution in [1.29, 1.82) is 0 Å². The zero-order chi connectivity index (χ0) is 12.5. The fourth-order valence-electron chi connectivity index (χ4n) is 2.17. The van der Waals surface area contributed by atoms with E-state index in [0.717, 1.165) is 30.7 Å². The van der Waals surface area contributed by atoms with Crippen LogP contribution in [0.3, 0.4) is 0 Å². The van der Waals surface area contributed by atoms with E-state index in [1.807, 2.05) is 6.07 Å². The summed E-state index contributed by atoms with van der Waals surface area (Å²) in [6.07, 6.45) is 5.35. The summed E-state index contributed by atoms with van der Waals surface area (Å²) in [6.45, 7) is 2.16. The van der Waals surface area contributed by atoms with E-state index in [9.17, 15) is 0 Å². The summed E-state index contributed by atoms with van der Waals surface area (Å²) in [5, 5.41) is 0. The van der Waals surface area contributed by atoms with E-state index in [0.29, 0.717) is 5.82 Å². The molecule has 0 saturated heterocycles. The Labute approximate surface area is 107 Å². The van der Waals surface area contributed by atoms with Gasteiger partial charge in [-0.3, -0.25) is 0 Å². The third kappa shape index (κ3) is 2.81. The fourth-order valence-corrected chi connectivity index (χ4v) is 2.17. The molecule has 98 valence electrons. The minimum Gasteiger partial charge on any atom is -0.368 e. The Morgan fingerprint density at radius 2 is 1.78 bits per heavy atom. The molecular weight excluding hydrogens is 228 g/mol. The first kappa shape index (κ1) is 11.5. The Hall–Kier alpha value is -1.56. The number of rotatable bonds is 6. The van der Waals surface area contributed by atoms with E-state index in [4.69, 9.17) is 11.6 Å². The number of nitrogens with two attached hydrogens (primary N) is 2. The highest BCUT2D eigenvalue weighted by atomic mass is 15.3. The van der Waals surface area contributed by atoms with Gasteiger partial charge in [0.25, 0.3) is 0 Å². The summed E-state index contributed by atoms with van der Waals surface area (Å²) >= 11 is 0. The Balaban J connectivity index is 1.79. The van der Waals surface area contributed by atoms with Crippen molar-refractivity contribution in [3.8, 4) is 0 Å². The monoisotopic (exact) mass is 248 g/mol. The number of hydrogen-bond donors (Lipinski definition) is 3. The van der Waals surface area contributed by atoms with Gasteiger partial charge in [0.05, 0.1) is 0 Å². The Morgan fingerprint density at radius 1 is 1.17 bits per heavy atom. The van der Waals surface area contributed by atoms with E-state index in [1.165, 1.54) is 25.7 Å². The Morgan fingerprint density at radius 3 is 2.28 bits per heavy atom. The van der Waals surface area contributed by atoms with Gasteiger partial charge in [0, 0.05) is 19.2 Å². The second-order valence-corrected chi connectivity index (χ2v) is 5.41. The van der Waals surface area contributed by atoms with Crippen LogP contribution in [0.15, 0.2) is 6.07 Å². The maximum absolute atomic E-state index is 5.72. The number of hydrazine groups is 1. The lowest BCUT2D eigenvalue weighted by atomic mass is 10.3. The zero-order valence-corrected chi connectivity index (χ0v) is 10.5. The van der Waals surface area contributed by atoms with Crippen LogP contribution >= 0.6 is 0 Å². The number of nitrogens with one attached hydrogen (secondary N) is 1. The molecule has 2 saturated carbocycles. The fraction of sp³-hybridized carbons (Fsp3) is 0.667. The van der Waals surface area contributed by atoms with E-state index >= 15 is 0 Å². The molecule has 0 spiro atoms. The van der Waals surface area contributed by atoms with Crippen LogP contribution in [0.5, 0.6) is 0 Å². The average molecular weight is 248 g/mol. The molecule has 2 aliphatic carbocycles. The SMILES string of the molecule is NNc1cc(N(CC2CC2)CC2CC2)nc(N)n1. The van der Waals surface area contributed by atoms with Crippen molar-refractivity contribution in [3.05, 3.63) is 6.07 Å². The minimum absolute atomic E-state index is 0.275. The van der Waals surface area contributed by atoms with Crippen LogP contribution in [0.4, 0.5) is 17.6 Å². The van der Waals surface area contributed by atoms with E-state index in [2.05, 4.69) is 20.3 Å². The van der Waals surface area contributed by atoms with E-state index in [-0.39, 0.29) is 5.95 Å². The summed E-state index contributed by atoms with van der Waals surface area (Å²) in [5.41, 5.74) is 8.26. The third-order valence-electron chi connectivity index (χ3n) is 3.55. The molecule has 0 radical (unpaired) electrons. The lowest BCUT2D eigenvalue weighted by Gasteiger charge is -2.24. The molecule has 0 bridgehead atoms. The van der Waals surface area contributed by atoms with Crippen molar-refractivity contribution in [1.82, 2.24) is 9.97 Å². The molecule has 1 aromatic heterocycles. The minimum atomic E-state index is 0.275. The van der Waals surface area contributed by atoms with Crippen molar-refractivity contribution in [2.75, 3.05) is 29.1 Å². The first-order chi connectivity index (χ1) is 8.74. The highest BCUT2D eigenvalue weighted by molar-refractivity contribution is 5.52. The quantitative estimate of drug-likeness (QED) is 0.513. The summed E-state index contributed by atoms with van der Waals surface area (Å²) in [6, 6.07) is 1.88. The molecule has 3 rings (SSSR count). The largest absolute Gasteiger partial charge is 0.368 e. The normalized spacial score (nSPS) is 18.7. The summed E-state index contributed by atoms with van der Waals surface area (Å²) < 4.78 is 0. The van der Waals surface area contributed by atoms with E-state index in [1.54, 1.807) is 0 Å². The van der Waals surface area contributed by atoms with Crippen molar-refractivity contribution in [3.63, 3.8) is 0 Å². The molecular formula is C12H20N6. The predicted octanol–water partition coefficient (Wildman–Crippen LogP) is 0.971. The molecule has 0 atom stereocenters. The van der Waals surface area contributed by atoms with E-state index < -0.39 is 0 Å². The van der Waals surface area contributed by atoms with Crippen LogP contribution in [-0.2, 0) is 0 Å². The molecule has 2 fully saturated rings. The maximum Gasteiger partial charge on any atom is 0.223 e. The van der Waals surface area contributed by atoms with Gasteiger partial charge in [0.2, 0.25) is 5.95 Å². The third-order valence-corrected chi connectivity index (χ3v) is 3.55. The molecule has 6 heteroatoms. The molecule has 1 heterocycles. The van der Waals surface area contributed by atoms with Crippen LogP contribution in [0, 0.1) is 11.8 Å². The summed E-state index contributed by atoms with van der Waals surface area (Å²) in [4.78, 5) is 10.7. The molecule has 0 aliphatic heterocycles. The number of nitrogen functional groups attached to an aromatic ring is 2. The van der Waals surface area contributed by atoms with Gasteiger partial charge in [-0.25, -0.2) is 5.84 Å². The van der Waals surface area contributed by atoms with Crippen molar-refractivity contribution < 1.29 is 0 Å². The van der Waals surface area contributed by atoms with Gasteiger partial charge in [-0.2, -0.15) is 9.97 Å². The first-order valence-electron chi connectivity index (χ1n) is 6.60. The van der Waals surface area contributed by atoms with Gasteiger partial charge in [-0.1, -0.05) is 0 Å². The standard InChI is InChI=1S/C12H20N6/c13-12-15-10(17-14)5-11(16-12)18(6-8-1-2-8)7-9-3-4-9/h5,8-9H,1-4,6-7,14H2,(H3,13,15,16,17). The molecule has 0 amide bonds. The van der Waals surface area contributed by atoms with Gasteiger partial charge >= 0.3 is 0 Å². The van der Waals surface area contributed by atoms with Gasteiger partial charge in [0.15, 0.2) is 0 Å². The van der Waals surface area contributed by atoms with Gasteiger partial charge < -0.3 is 16.1 Å². The van der Waals surface area contributed by atoms with Crippen LogP contribution in [0.2, 0.25) is 0 Å². The molecule has 18 heavy (non-hydrogen) atoms. The maximum atomic E-state index is 5.72. The highest BCUT2D eigenvalue weighted by Gasteiger charge is 2.30. The predicted molar refractivity (Wildman–Crippen MR) is 71.9 cm³/mol. The van der Waals surface area contributed by atoms with Crippen LogP contribution < -0.4 is 21.9 Å². The zero-order valence-electron chi connectivity index (χ0n) is 10.5.